The van der Waals surface area contributed by atoms with Crippen LogP contribution in [0.2, 0.25) is 0 Å². The molecule has 3 rings (SSSR count). The average molecular weight is 426 g/mol. The molecule has 2 aromatic carbocycles. The van der Waals surface area contributed by atoms with Gasteiger partial charge in [-0.2, -0.15) is 0 Å². The van der Waals surface area contributed by atoms with Gasteiger partial charge in [0, 0.05) is 12.1 Å². The van der Waals surface area contributed by atoms with E-state index in [4.69, 9.17) is 10.5 Å². The van der Waals surface area contributed by atoms with Crippen molar-refractivity contribution in [2.45, 2.75) is 30.3 Å². The third-order valence-corrected chi connectivity index (χ3v) is 5.51. The molecular weight excluding hydrogens is 402 g/mol. The van der Waals surface area contributed by atoms with Gasteiger partial charge in [-0.15, -0.1) is 10.2 Å². The van der Waals surface area contributed by atoms with Crippen LogP contribution in [0.1, 0.15) is 12.5 Å². The molecule has 0 aliphatic heterocycles. The lowest BCUT2D eigenvalue weighted by molar-refractivity contribution is -0.119. The Balaban J connectivity index is 1.88. The summed E-state index contributed by atoms with van der Waals surface area (Å²) in [6, 6.07) is 16.8. The van der Waals surface area contributed by atoms with Gasteiger partial charge in [0.2, 0.25) is 5.91 Å². The molecule has 8 nitrogen and oxygen atoms in total. The van der Waals surface area contributed by atoms with Gasteiger partial charge in [-0.05, 0) is 43.2 Å². The average Bonchev–Trinajstić information content (AvgIpc) is 3.14. The van der Waals surface area contributed by atoms with Gasteiger partial charge in [0.05, 0.1) is 12.4 Å². The Morgan fingerprint density at radius 1 is 1.13 bits per heavy atom. The van der Waals surface area contributed by atoms with Crippen molar-refractivity contribution in [1.29, 1.82) is 0 Å². The second kappa shape index (κ2) is 9.93. The molecule has 0 spiro atoms. The maximum Gasteiger partial charge on any atom is 0.318 e. The van der Waals surface area contributed by atoms with E-state index < -0.39 is 17.2 Å². The smallest absolute Gasteiger partial charge is 0.318 e. The number of ether oxygens (including phenoxy) is 1. The number of rotatable bonds is 8. The van der Waals surface area contributed by atoms with Crippen LogP contribution >= 0.6 is 11.8 Å². The molecule has 0 unspecified atom stereocenters. The third-order valence-electron chi connectivity index (χ3n) is 4.43. The Hall–Kier alpha value is -3.33. The highest BCUT2D eigenvalue weighted by Gasteiger charge is 2.21. The summed E-state index contributed by atoms with van der Waals surface area (Å²) in [6.07, 6.45) is 0.775. The van der Waals surface area contributed by atoms with Gasteiger partial charge in [0.15, 0.2) is 11.0 Å². The summed E-state index contributed by atoms with van der Waals surface area (Å²) in [5.41, 5.74) is 7.12. The van der Waals surface area contributed by atoms with Gasteiger partial charge in [-0.3, -0.25) is 10.1 Å². The van der Waals surface area contributed by atoms with Crippen LogP contribution < -0.4 is 15.8 Å². The number of nitrogens with zero attached hydrogens (tertiary/aromatic N) is 3. The lowest BCUT2D eigenvalue weighted by Gasteiger charge is -2.13. The number of aromatic nitrogens is 3. The molecule has 0 saturated carbocycles. The van der Waals surface area contributed by atoms with Gasteiger partial charge in [-0.1, -0.05) is 42.1 Å². The quantitative estimate of drug-likeness (QED) is 0.537. The highest BCUT2D eigenvalue weighted by molar-refractivity contribution is 8.00. The molecule has 1 aromatic heterocycles. The number of carbonyl (C=O) groups excluding carboxylic acids is 2. The van der Waals surface area contributed by atoms with E-state index in [1.807, 2.05) is 47.0 Å². The molecule has 0 bridgehead atoms. The maximum absolute atomic E-state index is 12.1. The standard InChI is InChI=1S/C21H23N5O3S/c1-14(19(27)23-20(22)28)30-21-25-24-18(16-8-10-17(29-2)11-9-16)26(21)13-12-15-6-4-3-5-7-15/h3-11,14H,12-13H2,1-2H3,(H3,22,23,27,28)/t14-/m1/s1. The zero-order valence-electron chi connectivity index (χ0n) is 16.7. The fourth-order valence-electron chi connectivity index (χ4n) is 2.85. The van der Waals surface area contributed by atoms with E-state index in [-0.39, 0.29) is 0 Å². The van der Waals surface area contributed by atoms with E-state index in [1.54, 1.807) is 14.0 Å². The van der Waals surface area contributed by atoms with Crippen LogP contribution in [-0.4, -0.2) is 39.1 Å². The molecule has 0 saturated heterocycles. The number of nitrogens with one attached hydrogen (secondary N) is 1. The first-order valence-corrected chi connectivity index (χ1v) is 10.2. The molecule has 0 aliphatic rings. The molecular formula is C21H23N5O3S. The Bertz CT molecular complexity index is 1010. The lowest BCUT2D eigenvalue weighted by atomic mass is 10.1. The van der Waals surface area contributed by atoms with E-state index in [0.29, 0.717) is 17.5 Å². The second-order valence-electron chi connectivity index (χ2n) is 6.54. The predicted octanol–water partition coefficient (Wildman–Crippen LogP) is 2.87. The van der Waals surface area contributed by atoms with Crippen molar-refractivity contribution in [2.75, 3.05) is 7.11 Å². The van der Waals surface area contributed by atoms with E-state index in [1.165, 1.54) is 17.3 Å². The number of imide groups is 1. The van der Waals surface area contributed by atoms with Gasteiger partial charge < -0.3 is 15.0 Å². The fourth-order valence-corrected chi connectivity index (χ4v) is 3.73. The largest absolute Gasteiger partial charge is 0.497 e. The van der Waals surface area contributed by atoms with Crippen LogP contribution in [0.25, 0.3) is 11.4 Å². The van der Waals surface area contributed by atoms with E-state index in [2.05, 4.69) is 27.6 Å². The van der Waals surface area contributed by atoms with Crippen LogP contribution in [0.4, 0.5) is 4.79 Å². The van der Waals surface area contributed by atoms with Crippen molar-refractivity contribution in [1.82, 2.24) is 20.1 Å². The molecule has 0 fully saturated rings. The maximum atomic E-state index is 12.1. The zero-order chi connectivity index (χ0) is 21.5. The number of primary amides is 1. The van der Waals surface area contributed by atoms with Crippen LogP contribution in [0.5, 0.6) is 5.75 Å². The van der Waals surface area contributed by atoms with Gasteiger partial charge in [0.25, 0.3) is 0 Å². The van der Waals surface area contributed by atoms with Crippen molar-refractivity contribution in [3.63, 3.8) is 0 Å². The van der Waals surface area contributed by atoms with Crippen molar-refractivity contribution < 1.29 is 14.3 Å². The number of hydrogen-bond donors (Lipinski definition) is 2. The zero-order valence-corrected chi connectivity index (χ0v) is 17.6. The number of aryl methyl sites for hydroxylation is 1. The van der Waals surface area contributed by atoms with E-state index >= 15 is 0 Å². The highest BCUT2D eigenvalue weighted by atomic mass is 32.2. The Morgan fingerprint density at radius 3 is 2.47 bits per heavy atom. The van der Waals surface area contributed by atoms with E-state index in [0.717, 1.165) is 17.7 Å². The lowest BCUT2D eigenvalue weighted by Crippen LogP contribution is -2.39. The molecule has 3 amide bonds. The summed E-state index contributed by atoms with van der Waals surface area (Å²) in [5, 5.41) is 10.8. The minimum Gasteiger partial charge on any atom is -0.497 e. The predicted molar refractivity (Wildman–Crippen MR) is 115 cm³/mol. The number of urea groups is 1. The van der Waals surface area contributed by atoms with E-state index in [9.17, 15) is 9.59 Å². The molecule has 3 aromatic rings. The fraction of sp³-hybridized carbons (Fsp3) is 0.238. The van der Waals surface area contributed by atoms with Gasteiger partial charge in [0.1, 0.15) is 5.75 Å². The van der Waals surface area contributed by atoms with Crippen LogP contribution in [0.3, 0.4) is 0 Å². The number of benzene rings is 2. The Morgan fingerprint density at radius 2 is 1.83 bits per heavy atom. The van der Waals surface area contributed by atoms with Gasteiger partial charge >= 0.3 is 6.03 Å². The number of carbonyl (C=O) groups is 2. The number of thioether (sulfide) groups is 1. The number of methoxy groups -OCH3 is 1. The van der Waals surface area contributed by atoms with Gasteiger partial charge in [-0.25, -0.2) is 4.79 Å². The Labute approximate surface area is 178 Å². The van der Waals surface area contributed by atoms with Crippen LogP contribution in [-0.2, 0) is 17.8 Å². The summed E-state index contributed by atoms with van der Waals surface area (Å²) >= 11 is 1.22. The third kappa shape index (κ3) is 5.38. The summed E-state index contributed by atoms with van der Waals surface area (Å²) in [7, 11) is 1.62. The second-order valence-corrected chi connectivity index (χ2v) is 7.84. The minimum atomic E-state index is -0.878. The monoisotopic (exact) mass is 425 g/mol. The minimum absolute atomic E-state index is 0.476. The number of nitrogens with two attached hydrogens (primary N) is 1. The molecule has 156 valence electrons. The van der Waals surface area contributed by atoms with Crippen molar-refractivity contribution >= 4 is 23.7 Å². The highest BCUT2D eigenvalue weighted by Crippen LogP contribution is 2.28. The number of amides is 3. The van der Waals surface area contributed by atoms with Crippen molar-refractivity contribution in [3.8, 4) is 17.1 Å². The molecule has 9 heteroatoms. The molecule has 0 aliphatic carbocycles. The summed E-state index contributed by atoms with van der Waals surface area (Å²) in [4.78, 5) is 23.1. The molecule has 0 radical (unpaired) electrons. The Kier molecular flexibility index (Phi) is 7.08. The summed E-state index contributed by atoms with van der Waals surface area (Å²) in [5.74, 6) is 0.968. The number of hydrogen-bond acceptors (Lipinski definition) is 6. The summed E-state index contributed by atoms with van der Waals surface area (Å²) in [6.45, 7) is 2.32. The first-order valence-electron chi connectivity index (χ1n) is 9.36. The molecule has 30 heavy (non-hydrogen) atoms. The molecule has 1 heterocycles. The van der Waals surface area contributed by atoms with Crippen LogP contribution in [0, 0.1) is 0 Å². The first kappa shape index (κ1) is 21.4. The molecule has 1 atom stereocenters. The van der Waals surface area contributed by atoms with Crippen molar-refractivity contribution in [2.24, 2.45) is 5.73 Å². The van der Waals surface area contributed by atoms with Crippen LogP contribution in [0.15, 0.2) is 59.8 Å². The summed E-state index contributed by atoms with van der Waals surface area (Å²) < 4.78 is 7.21. The topological polar surface area (TPSA) is 112 Å². The first-order chi connectivity index (χ1) is 14.5. The molecule has 3 N–H and O–H groups in total. The normalized spacial score (nSPS) is 11.7. The SMILES string of the molecule is COc1ccc(-c2nnc(S[C@H](C)C(=O)NC(N)=O)n2CCc2ccccc2)cc1. The van der Waals surface area contributed by atoms with Crippen molar-refractivity contribution in [3.05, 3.63) is 60.2 Å².